The van der Waals surface area contributed by atoms with Crippen LogP contribution in [-0.4, -0.2) is 31.1 Å². The summed E-state index contributed by atoms with van der Waals surface area (Å²) in [6, 6.07) is -1.22. The van der Waals surface area contributed by atoms with E-state index in [-0.39, 0.29) is 5.91 Å². The number of nitrogens with two attached hydrogens (primary N) is 1. The molecule has 0 bridgehead atoms. The third kappa shape index (κ3) is 5.37. The number of carbonyl (C=O) groups excluding carboxylic acids is 2. The van der Waals surface area contributed by atoms with Crippen molar-refractivity contribution in [3.63, 3.8) is 0 Å². The highest BCUT2D eigenvalue weighted by Gasteiger charge is 2.20. The standard InChI is InChI=1S/C10H20N2O3/c1-6(2)5-8(11)9(13)12-7(3)10(14)15-4/h6-8H,5,11H2,1-4H3,(H,12,13)/t7-,8+/m1/s1. The predicted molar refractivity (Wildman–Crippen MR) is 57.1 cm³/mol. The van der Waals surface area contributed by atoms with Crippen molar-refractivity contribution in [2.75, 3.05) is 7.11 Å². The molecule has 0 aliphatic heterocycles. The van der Waals surface area contributed by atoms with Crippen LogP contribution in [0.1, 0.15) is 27.2 Å². The minimum Gasteiger partial charge on any atom is -0.467 e. The van der Waals surface area contributed by atoms with Crippen molar-refractivity contribution in [2.24, 2.45) is 11.7 Å². The SMILES string of the molecule is COC(=O)[C@@H](C)NC(=O)[C@@H](N)CC(C)C. The third-order valence-electron chi connectivity index (χ3n) is 1.98. The molecule has 0 radical (unpaired) electrons. The highest BCUT2D eigenvalue weighted by atomic mass is 16.5. The number of amides is 1. The zero-order valence-electron chi connectivity index (χ0n) is 9.74. The molecule has 5 heteroatoms. The molecule has 0 aromatic carbocycles. The molecule has 0 saturated heterocycles. The van der Waals surface area contributed by atoms with Crippen LogP contribution in [0.2, 0.25) is 0 Å². The molecule has 0 saturated carbocycles. The van der Waals surface area contributed by atoms with Crippen LogP contribution in [0.25, 0.3) is 0 Å². The van der Waals surface area contributed by atoms with Crippen LogP contribution < -0.4 is 11.1 Å². The first kappa shape index (κ1) is 13.9. The summed E-state index contributed by atoms with van der Waals surface area (Å²) in [4.78, 5) is 22.5. The van der Waals surface area contributed by atoms with Gasteiger partial charge >= 0.3 is 5.97 Å². The van der Waals surface area contributed by atoms with Gasteiger partial charge in [-0.2, -0.15) is 0 Å². The van der Waals surface area contributed by atoms with Gasteiger partial charge in [0.2, 0.25) is 5.91 Å². The normalized spacial score (nSPS) is 14.5. The largest absolute Gasteiger partial charge is 0.467 e. The molecule has 0 aromatic heterocycles. The van der Waals surface area contributed by atoms with E-state index in [0.29, 0.717) is 12.3 Å². The monoisotopic (exact) mass is 216 g/mol. The molecule has 15 heavy (non-hydrogen) atoms. The molecule has 0 aromatic rings. The maximum Gasteiger partial charge on any atom is 0.328 e. The molecule has 1 amide bonds. The minimum atomic E-state index is -0.652. The number of nitrogens with one attached hydrogen (secondary N) is 1. The summed E-state index contributed by atoms with van der Waals surface area (Å²) < 4.78 is 4.48. The summed E-state index contributed by atoms with van der Waals surface area (Å²) in [6.45, 7) is 5.53. The second kappa shape index (κ2) is 6.40. The first-order valence-corrected chi connectivity index (χ1v) is 5.02. The third-order valence-corrected chi connectivity index (χ3v) is 1.98. The second-order valence-electron chi connectivity index (χ2n) is 3.99. The van der Waals surface area contributed by atoms with Crippen LogP contribution >= 0.6 is 0 Å². The van der Waals surface area contributed by atoms with Crippen LogP contribution in [0.3, 0.4) is 0 Å². The molecule has 2 atom stereocenters. The van der Waals surface area contributed by atoms with Gasteiger partial charge in [0.05, 0.1) is 13.2 Å². The highest BCUT2D eigenvalue weighted by Crippen LogP contribution is 2.02. The zero-order valence-corrected chi connectivity index (χ0v) is 9.74. The van der Waals surface area contributed by atoms with E-state index in [4.69, 9.17) is 5.73 Å². The Morgan fingerprint density at radius 2 is 1.87 bits per heavy atom. The second-order valence-corrected chi connectivity index (χ2v) is 3.99. The summed E-state index contributed by atoms with van der Waals surface area (Å²) in [7, 11) is 1.28. The number of hydrogen-bond donors (Lipinski definition) is 2. The number of methoxy groups -OCH3 is 1. The van der Waals surface area contributed by atoms with Crippen molar-refractivity contribution < 1.29 is 14.3 Å². The van der Waals surface area contributed by atoms with Gasteiger partial charge in [0, 0.05) is 0 Å². The number of ether oxygens (including phenoxy) is 1. The van der Waals surface area contributed by atoms with Gasteiger partial charge in [0.25, 0.3) is 0 Å². The van der Waals surface area contributed by atoms with Crippen molar-refractivity contribution in [2.45, 2.75) is 39.3 Å². The van der Waals surface area contributed by atoms with Gasteiger partial charge in [-0.05, 0) is 19.3 Å². The smallest absolute Gasteiger partial charge is 0.328 e. The minimum absolute atomic E-state index is 0.318. The quantitative estimate of drug-likeness (QED) is 0.636. The predicted octanol–water partition coefficient (Wildman–Crippen LogP) is 0.0375. The Bertz CT molecular complexity index is 229. The van der Waals surface area contributed by atoms with Crippen LogP contribution in [0.4, 0.5) is 0 Å². The Hall–Kier alpha value is -1.10. The van der Waals surface area contributed by atoms with Crippen LogP contribution in [0, 0.1) is 5.92 Å². The lowest BCUT2D eigenvalue weighted by Gasteiger charge is -2.17. The molecule has 0 aliphatic rings. The zero-order chi connectivity index (χ0) is 12.0. The lowest BCUT2D eigenvalue weighted by Crippen LogP contribution is -2.47. The van der Waals surface area contributed by atoms with E-state index in [2.05, 4.69) is 10.1 Å². The number of hydrogen-bond acceptors (Lipinski definition) is 4. The highest BCUT2D eigenvalue weighted by molar-refractivity contribution is 5.87. The van der Waals surface area contributed by atoms with Gasteiger partial charge in [-0.15, -0.1) is 0 Å². The van der Waals surface area contributed by atoms with Crippen LogP contribution in [0.15, 0.2) is 0 Å². The van der Waals surface area contributed by atoms with Gasteiger partial charge in [-0.3, -0.25) is 4.79 Å². The maximum atomic E-state index is 11.5. The van der Waals surface area contributed by atoms with Crippen molar-refractivity contribution in [1.29, 1.82) is 0 Å². The molecule has 0 rings (SSSR count). The van der Waals surface area contributed by atoms with E-state index in [0.717, 1.165) is 0 Å². The van der Waals surface area contributed by atoms with Crippen molar-refractivity contribution >= 4 is 11.9 Å². The van der Waals surface area contributed by atoms with E-state index in [9.17, 15) is 9.59 Å². The Labute approximate surface area is 90.4 Å². The van der Waals surface area contributed by atoms with Gasteiger partial charge in [0.1, 0.15) is 6.04 Å². The van der Waals surface area contributed by atoms with Crippen LogP contribution in [0.5, 0.6) is 0 Å². The molecule has 0 aliphatic carbocycles. The maximum absolute atomic E-state index is 11.5. The molecule has 5 nitrogen and oxygen atoms in total. The summed E-state index contributed by atoms with van der Waals surface area (Å²) in [5.74, 6) is -0.444. The Balaban J connectivity index is 4.07. The molecular weight excluding hydrogens is 196 g/mol. The first-order chi connectivity index (χ1) is 6.88. The van der Waals surface area contributed by atoms with Crippen molar-refractivity contribution in [3.8, 4) is 0 Å². The van der Waals surface area contributed by atoms with Crippen molar-refractivity contribution in [1.82, 2.24) is 5.32 Å². The topological polar surface area (TPSA) is 81.4 Å². The average molecular weight is 216 g/mol. The number of esters is 1. The molecule has 0 fully saturated rings. The summed E-state index contributed by atoms with van der Waals surface area (Å²) >= 11 is 0. The van der Waals surface area contributed by atoms with Gasteiger partial charge < -0.3 is 15.8 Å². The summed E-state index contributed by atoms with van der Waals surface area (Å²) in [5, 5.41) is 2.50. The lowest BCUT2D eigenvalue weighted by molar-refractivity contribution is -0.144. The Morgan fingerprint density at radius 1 is 1.33 bits per heavy atom. The van der Waals surface area contributed by atoms with E-state index in [1.54, 1.807) is 6.92 Å². The fraction of sp³-hybridized carbons (Fsp3) is 0.800. The first-order valence-electron chi connectivity index (χ1n) is 5.02. The number of rotatable bonds is 5. The van der Waals surface area contributed by atoms with E-state index in [1.807, 2.05) is 13.8 Å². The molecule has 0 unspecified atom stereocenters. The van der Waals surface area contributed by atoms with Gasteiger partial charge in [-0.25, -0.2) is 4.79 Å². The van der Waals surface area contributed by atoms with Crippen LogP contribution in [-0.2, 0) is 14.3 Å². The Morgan fingerprint density at radius 3 is 2.27 bits per heavy atom. The van der Waals surface area contributed by atoms with E-state index >= 15 is 0 Å². The average Bonchev–Trinajstić information content (AvgIpc) is 2.15. The van der Waals surface area contributed by atoms with E-state index < -0.39 is 18.1 Å². The van der Waals surface area contributed by atoms with Gasteiger partial charge in [-0.1, -0.05) is 13.8 Å². The molecule has 88 valence electrons. The fourth-order valence-corrected chi connectivity index (χ4v) is 1.17. The lowest BCUT2D eigenvalue weighted by atomic mass is 10.0. The summed E-state index contributed by atoms with van der Waals surface area (Å²) in [6.07, 6.45) is 0.597. The molecule has 0 heterocycles. The van der Waals surface area contributed by atoms with Gasteiger partial charge in [0.15, 0.2) is 0 Å². The summed E-state index contributed by atoms with van der Waals surface area (Å²) in [5.41, 5.74) is 5.64. The molecule has 3 N–H and O–H groups in total. The fourth-order valence-electron chi connectivity index (χ4n) is 1.17. The van der Waals surface area contributed by atoms with E-state index in [1.165, 1.54) is 7.11 Å². The number of carbonyl (C=O) groups is 2. The van der Waals surface area contributed by atoms with Crippen molar-refractivity contribution in [3.05, 3.63) is 0 Å². The molecular formula is C10H20N2O3. The Kier molecular flexibility index (Phi) is 5.93. The molecule has 0 spiro atoms.